The third-order valence-electron chi connectivity index (χ3n) is 4.65. The monoisotopic (exact) mass is 312 g/mol. The van der Waals surface area contributed by atoms with Crippen LogP contribution in [0.2, 0.25) is 0 Å². The van der Waals surface area contributed by atoms with Crippen molar-refractivity contribution in [1.29, 1.82) is 0 Å². The number of aryl methyl sites for hydroxylation is 1. The van der Waals surface area contributed by atoms with Gasteiger partial charge in [0.05, 0.1) is 11.2 Å². The number of rotatable bonds is 2. The molecule has 0 radical (unpaired) electrons. The second-order valence-electron chi connectivity index (χ2n) is 6.09. The zero-order chi connectivity index (χ0) is 15.9. The number of para-hydroxylation sites is 1. The predicted octanol–water partition coefficient (Wildman–Crippen LogP) is 4.11. The van der Waals surface area contributed by atoms with Crippen LogP contribution >= 0.6 is 0 Å². The van der Waals surface area contributed by atoms with Crippen molar-refractivity contribution >= 4 is 10.9 Å². The van der Waals surface area contributed by atoms with Crippen molar-refractivity contribution in [2.24, 2.45) is 0 Å². The van der Waals surface area contributed by atoms with Gasteiger partial charge in [0, 0.05) is 41.1 Å². The lowest BCUT2D eigenvalue weighted by Crippen LogP contribution is -1.94. The summed E-state index contributed by atoms with van der Waals surface area (Å²) in [5.41, 5.74) is 6.55. The summed E-state index contributed by atoms with van der Waals surface area (Å²) in [7, 11) is 0. The van der Waals surface area contributed by atoms with Crippen molar-refractivity contribution in [2.45, 2.75) is 19.4 Å². The van der Waals surface area contributed by atoms with Gasteiger partial charge in [-0.05, 0) is 31.0 Å². The van der Waals surface area contributed by atoms with E-state index >= 15 is 0 Å². The lowest BCUT2D eigenvalue weighted by atomic mass is 9.97. The van der Waals surface area contributed by atoms with E-state index in [-0.39, 0.29) is 0 Å². The minimum Gasteiger partial charge on any atom is -0.268 e. The van der Waals surface area contributed by atoms with Crippen molar-refractivity contribution in [3.05, 3.63) is 66.6 Å². The first-order valence-corrected chi connectivity index (χ1v) is 8.27. The minimum absolute atomic E-state index is 0.919. The summed E-state index contributed by atoms with van der Waals surface area (Å²) in [6, 6.07) is 16.4. The molecule has 0 aliphatic carbocycles. The molecule has 24 heavy (non-hydrogen) atoms. The number of aromatic nitrogens is 4. The quantitative estimate of drug-likeness (QED) is 0.559. The normalized spacial score (nSPS) is 13.3. The zero-order valence-electron chi connectivity index (χ0n) is 13.2. The molecule has 0 N–H and O–H groups in total. The average molecular weight is 312 g/mol. The van der Waals surface area contributed by atoms with E-state index < -0.39 is 0 Å². The number of fused-ring (bicyclic) bond motifs is 2. The molecule has 0 saturated carbocycles. The maximum absolute atomic E-state index is 4.87. The molecule has 0 spiro atoms. The highest BCUT2D eigenvalue weighted by atomic mass is 15.3. The van der Waals surface area contributed by atoms with Crippen molar-refractivity contribution in [1.82, 2.24) is 19.7 Å². The molecule has 4 aromatic rings. The third-order valence-corrected chi connectivity index (χ3v) is 4.65. The summed E-state index contributed by atoms with van der Waals surface area (Å²) < 4.78 is 2.14. The van der Waals surface area contributed by atoms with E-state index in [1.807, 2.05) is 36.7 Å². The summed E-state index contributed by atoms with van der Waals surface area (Å²) in [4.78, 5) is 9.17. The Labute approximate surface area is 139 Å². The van der Waals surface area contributed by atoms with E-state index in [4.69, 9.17) is 5.10 Å². The zero-order valence-corrected chi connectivity index (χ0v) is 13.2. The molecule has 0 amide bonds. The molecule has 5 rings (SSSR count). The lowest BCUT2D eigenvalue weighted by molar-refractivity contribution is 0.658. The first kappa shape index (κ1) is 13.4. The van der Waals surface area contributed by atoms with Gasteiger partial charge in [0.1, 0.15) is 5.69 Å². The van der Waals surface area contributed by atoms with Crippen LogP contribution in [0.15, 0.2) is 60.9 Å². The number of hydrogen-bond acceptors (Lipinski definition) is 3. The van der Waals surface area contributed by atoms with Crippen LogP contribution in [0.25, 0.3) is 33.4 Å². The van der Waals surface area contributed by atoms with Crippen LogP contribution in [0.5, 0.6) is 0 Å². The van der Waals surface area contributed by atoms with Gasteiger partial charge in [-0.3, -0.25) is 14.6 Å². The number of benzene rings is 1. The SMILES string of the molecule is c1ccc(-c2nn3c(c2-c2cccc4cccnc24)CCC3)nc1. The summed E-state index contributed by atoms with van der Waals surface area (Å²) in [6.45, 7) is 0.980. The van der Waals surface area contributed by atoms with Gasteiger partial charge < -0.3 is 0 Å². The van der Waals surface area contributed by atoms with Crippen LogP contribution in [0.1, 0.15) is 12.1 Å². The second kappa shape index (κ2) is 5.27. The molecule has 4 heterocycles. The maximum Gasteiger partial charge on any atom is 0.119 e. The molecular weight excluding hydrogens is 296 g/mol. The van der Waals surface area contributed by atoms with Gasteiger partial charge in [-0.15, -0.1) is 0 Å². The lowest BCUT2D eigenvalue weighted by Gasteiger charge is -2.08. The summed E-state index contributed by atoms with van der Waals surface area (Å²) in [6.07, 6.45) is 5.88. The van der Waals surface area contributed by atoms with Gasteiger partial charge in [-0.2, -0.15) is 5.10 Å². The Balaban J connectivity index is 1.84. The van der Waals surface area contributed by atoms with E-state index in [0.29, 0.717) is 0 Å². The maximum atomic E-state index is 4.87. The van der Waals surface area contributed by atoms with E-state index in [9.17, 15) is 0 Å². The topological polar surface area (TPSA) is 43.6 Å². The molecular formula is C20H16N4. The van der Waals surface area contributed by atoms with Crippen molar-refractivity contribution in [3.63, 3.8) is 0 Å². The summed E-state index contributed by atoms with van der Waals surface area (Å²) in [5.74, 6) is 0. The fourth-order valence-corrected chi connectivity index (χ4v) is 3.60. The van der Waals surface area contributed by atoms with Gasteiger partial charge in [-0.25, -0.2) is 0 Å². The van der Waals surface area contributed by atoms with Gasteiger partial charge >= 0.3 is 0 Å². The van der Waals surface area contributed by atoms with Crippen LogP contribution in [0.3, 0.4) is 0 Å². The Morgan fingerprint density at radius 1 is 0.875 bits per heavy atom. The smallest absolute Gasteiger partial charge is 0.119 e. The molecule has 4 nitrogen and oxygen atoms in total. The molecule has 0 unspecified atom stereocenters. The second-order valence-corrected chi connectivity index (χ2v) is 6.09. The van der Waals surface area contributed by atoms with Crippen LogP contribution in [0.4, 0.5) is 0 Å². The third kappa shape index (κ3) is 1.96. The van der Waals surface area contributed by atoms with E-state index in [1.54, 1.807) is 0 Å². The highest BCUT2D eigenvalue weighted by molar-refractivity contribution is 5.97. The van der Waals surface area contributed by atoms with Crippen LogP contribution < -0.4 is 0 Å². The molecule has 3 aromatic heterocycles. The van der Waals surface area contributed by atoms with Crippen LogP contribution in [-0.2, 0) is 13.0 Å². The van der Waals surface area contributed by atoms with Crippen LogP contribution in [0, 0.1) is 0 Å². The Morgan fingerprint density at radius 2 is 1.79 bits per heavy atom. The Hall–Kier alpha value is -3.01. The first-order chi connectivity index (χ1) is 11.9. The van der Waals surface area contributed by atoms with Crippen molar-refractivity contribution < 1.29 is 0 Å². The molecule has 1 aromatic carbocycles. The number of pyridine rings is 2. The average Bonchev–Trinajstić information content (AvgIpc) is 3.23. The highest BCUT2D eigenvalue weighted by Crippen LogP contribution is 2.39. The number of hydrogen-bond donors (Lipinski definition) is 0. The van der Waals surface area contributed by atoms with E-state index in [2.05, 4.69) is 38.9 Å². The van der Waals surface area contributed by atoms with Crippen molar-refractivity contribution in [2.75, 3.05) is 0 Å². The Bertz CT molecular complexity index is 1030. The molecule has 1 aliphatic heterocycles. The van der Waals surface area contributed by atoms with Gasteiger partial charge in [0.15, 0.2) is 0 Å². The minimum atomic E-state index is 0.919. The fraction of sp³-hybridized carbons (Fsp3) is 0.150. The van der Waals surface area contributed by atoms with Crippen molar-refractivity contribution in [3.8, 4) is 22.5 Å². The molecule has 0 fully saturated rings. The Morgan fingerprint density at radius 3 is 2.71 bits per heavy atom. The number of nitrogens with zero attached hydrogens (tertiary/aromatic N) is 4. The van der Waals surface area contributed by atoms with Gasteiger partial charge in [0.25, 0.3) is 0 Å². The van der Waals surface area contributed by atoms with E-state index in [1.165, 1.54) is 11.3 Å². The molecule has 0 bridgehead atoms. The molecule has 1 aliphatic rings. The molecule has 0 atom stereocenters. The fourth-order valence-electron chi connectivity index (χ4n) is 3.60. The first-order valence-electron chi connectivity index (χ1n) is 8.27. The summed E-state index contributed by atoms with van der Waals surface area (Å²) in [5, 5.41) is 6.02. The Kier molecular flexibility index (Phi) is 2.95. The van der Waals surface area contributed by atoms with Gasteiger partial charge in [-0.1, -0.05) is 30.3 Å². The van der Waals surface area contributed by atoms with Gasteiger partial charge in [0.2, 0.25) is 0 Å². The largest absolute Gasteiger partial charge is 0.268 e. The highest BCUT2D eigenvalue weighted by Gasteiger charge is 2.25. The van der Waals surface area contributed by atoms with E-state index in [0.717, 1.165) is 47.2 Å². The standard InChI is InChI=1S/C20H16N4/c1-2-11-21-16(9-1)20-18(17-10-5-13-24(17)23-20)15-8-3-6-14-7-4-12-22-19(14)15/h1-4,6-9,11-12H,5,10,13H2. The van der Waals surface area contributed by atoms with Crippen LogP contribution in [-0.4, -0.2) is 19.7 Å². The molecule has 4 heteroatoms. The predicted molar refractivity (Wildman–Crippen MR) is 94.5 cm³/mol. The summed E-state index contributed by atoms with van der Waals surface area (Å²) >= 11 is 0. The molecule has 116 valence electrons. The molecule has 0 saturated heterocycles.